The van der Waals surface area contributed by atoms with Crippen LogP contribution in [0.1, 0.15) is 56.1 Å². The van der Waals surface area contributed by atoms with Crippen molar-refractivity contribution in [2.75, 3.05) is 26.2 Å². The van der Waals surface area contributed by atoms with E-state index in [4.69, 9.17) is 22.9 Å². The topological polar surface area (TPSA) is 215 Å². The summed E-state index contributed by atoms with van der Waals surface area (Å²) in [7, 11) is 0. The number of nitrogens with zero attached hydrogens (tertiary/aromatic N) is 2. The smallest absolute Gasteiger partial charge is 0.243 e. The summed E-state index contributed by atoms with van der Waals surface area (Å²) >= 11 is 0. The Bertz CT molecular complexity index is 920. The van der Waals surface area contributed by atoms with Crippen LogP contribution in [0.5, 0.6) is 0 Å². The summed E-state index contributed by atoms with van der Waals surface area (Å²) in [6, 6.07) is 5.84. The molecule has 0 aromatic heterocycles. The number of unbranched alkanes of at least 4 members (excludes halogenated alkanes) is 1. The first kappa shape index (κ1) is 31.0. The predicted octanol–water partition coefficient (Wildman–Crippen LogP) is -1.18. The molecule has 1 fully saturated rings. The number of amides is 3. The van der Waals surface area contributed by atoms with Gasteiger partial charge in [-0.05, 0) is 56.2 Å². The summed E-state index contributed by atoms with van der Waals surface area (Å²) in [5.41, 5.74) is 23.5. The van der Waals surface area contributed by atoms with Crippen molar-refractivity contribution < 1.29 is 19.5 Å². The Morgan fingerprint density at radius 2 is 1.76 bits per heavy atom. The Kier molecular flexibility index (Phi) is 13.5. The lowest BCUT2D eigenvalue weighted by atomic mass is 10.1. The van der Waals surface area contributed by atoms with Gasteiger partial charge in [-0.2, -0.15) is 0 Å². The molecule has 1 aromatic carbocycles. The van der Waals surface area contributed by atoms with E-state index in [1.54, 1.807) is 17.0 Å². The number of aliphatic imine (C=N–C) groups is 1. The molecule has 2 rings (SSSR count). The van der Waals surface area contributed by atoms with Crippen LogP contribution in [0.25, 0.3) is 0 Å². The third kappa shape index (κ3) is 10.6. The highest BCUT2D eigenvalue weighted by Gasteiger charge is 2.34. The van der Waals surface area contributed by atoms with Crippen molar-refractivity contribution in [1.82, 2.24) is 15.5 Å². The maximum absolute atomic E-state index is 13.3. The number of carbonyl (C=O) groups excluding carboxylic acids is 3. The van der Waals surface area contributed by atoms with Crippen molar-refractivity contribution in [3.63, 3.8) is 0 Å². The fourth-order valence-electron chi connectivity index (χ4n) is 4.57. The zero-order valence-corrected chi connectivity index (χ0v) is 22.1. The molecule has 0 aliphatic carbocycles. The van der Waals surface area contributed by atoms with E-state index in [0.29, 0.717) is 51.9 Å². The SMILES string of the molecule is NCCCC[C@@H](CN[C@@H](CCCN=C(N)N)C(N)=O)NC(=O)[C@@H]1CCCN1C(=O)Cc1ccc(CO)cc1. The highest BCUT2D eigenvalue weighted by atomic mass is 16.3. The van der Waals surface area contributed by atoms with Crippen LogP contribution in [-0.2, 0) is 27.4 Å². The third-order valence-electron chi connectivity index (χ3n) is 6.69. The van der Waals surface area contributed by atoms with Gasteiger partial charge in [0.1, 0.15) is 6.04 Å². The minimum atomic E-state index is -0.583. The van der Waals surface area contributed by atoms with Crippen molar-refractivity contribution in [1.29, 1.82) is 0 Å². The maximum Gasteiger partial charge on any atom is 0.243 e. The van der Waals surface area contributed by atoms with Crippen molar-refractivity contribution >= 4 is 23.7 Å². The summed E-state index contributed by atoms with van der Waals surface area (Å²) in [6.07, 6.45) is 4.87. The molecule has 1 aliphatic rings. The molecular formula is C26H44N8O4. The van der Waals surface area contributed by atoms with E-state index in [0.717, 1.165) is 30.4 Å². The minimum absolute atomic E-state index is 0.00435. The highest BCUT2D eigenvalue weighted by Crippen LogP contribution is 2.20. The van der Waals surface area contributed by atoms with Crippen LogP contribution in [0, 0.1) is 0 Å². The molecule has 212 valence electrons. The third-order valence-corrected chi connectivity index (χ3v) is 6.69. The Balaban J connectivity index is 1.97. The monoisotopic (exact) mass is 532 g/mol. The molecule has 1 heterocycles. The quantitative estimate of drug-likeness (QED) is 0.0734. The van der Waals surface area contributed by atoms with Gasteiger partial charge in [-0.25, -0.2) is 0 Å². The first-order valence-corrected chi connectivity index (χ1v) is 13.3. The number of primary amides is 1. The van der Waals surface area contributed by atoms with Crippen molar-refractivity contribution in [3.05, 3.63) is 35.4 Å². The largest absolute Gasteiger partial charge is 0.392 e. The molecule has 12 nitrogen and oxygen atoms in total. The van der Waals surface area contributed by atoms with Gasteiger partial charge in [-0.15, -0.1) is 0 Å². The molecule has 0 radical (unpaired) electrons. The van der Waals surface area contributed by atoms with E-state index in [9.17, 15) is 19.5 Å². The molecule has 1 saturated heterocycles. The van der Waals surface area contributed by atoms with Crippen LogP contribution < -0.4 is 33.6 Å². The highest BCUT2D eigenvalue weighted by molar-refractivity contribution is 5.89. The Morgan fingerprint density at radius 3 is 2.39 bits per heavy atom. The lowest BCUT2D eigenvalue weighted by molar-refractivity contribution is -0.138. The number of rotatable bonds is 17. The molecule has 0 unspecified atom stereocenters. The second kappa shape index (κ2) is 16.6. The molecule has 1 aliphatic heterocycles. The number of hydrogen-bond acceptors (Lipinski definition) is 7. The molecule has 0 saturated carbocycles. The average molecular weight is 533 g/mol. The first-order valence-electron chi connectivity index (χ1n) is 13.3. The van der Waals surface area contributed by atoms with Crippen molar-refractivity contribution in [2.45, 2.75) is 76.1 Å². The molecule has 12 heteroatoms. The summed E-state index contributed by atoms with van der Waals surface area (Å²) < 4.78 is 0. The normalized spacial score (nSPS) is 16.6. The van der Waals surface area contributed by atoms with Gasteiger partial charge in [-0.3, -0.25) is 19.4 Å². The number of nitrogens with one attached hydrogen (secondary N) is 2. The number of aliphatic hydroxyl groups excluding tert-OH is 1. The molecule has 11 N–H and O–H groups in total. The number of carbonyl (C=O) groups is 3. The van der Waals surface area contributed by atoms with Gasteiger partial charge >= 0.3 is 0 Å². The van der Waals surface area contributed by atoms with E-state index in [1.165, 1.54) is 0 Å². The second-order valence-electron chi connectivity index (χ2n) is 9.70. The molecule has 38 heavy (non-hydrogen) atoms. The fourth-order valence-corrected chi connectivity index (χ4v) is 4.57. The summed E-state index contributed by atoms with van der Waals surface area (Å²) in [4.78, 5) is 43.8. The van der Waals surface area contributed by atoms with Gasteiger partial charge in [0.15, 0.2) is 5.96 Å². The molecule has 0 spiro atoms. The van der Waals surface area contributed by atoms with Crippen LogP contribution in [0.4, 0.5) is 0 Å². The number of hydrogen-bond donors (Lipinski definition) is 7. The number of aliphatic hydroxyl groups is 1. The Labute approximate surface area is 224 Å². The van der Waals surface area contributed by atoms with E-state index in [-0.39, 0.29) is 36.8 Å². The molecule has 3 amide bonds. The van der Waals surface area contributed by atoms with E-state index in [2.05, 4.69) is 15.6 Å². The van der Waals surface area contributed by atoms with Gasteiger partial charge in [0.2, 0.25) is 17.7 Å². The lowest BCUT2D eigenvalue weighted by Gasteiger charge is -2.28. The van der Waals surface area contributed by atoms with Gasteiger partial charge in [0, 0.05) is 25.7 Å². The molecule has 3 atom stereocenters. The predicted molar refractivity (Wildman–Crippen MR) is 147 cm³/mol. The number of guanidine groups is 1. The number of nitrogens with two attached hydrogens (primary N) is 4. The van der Waals surface area contributed by atoms with E-state index >= 15 is 0 Å². The molecule has 0 bridgehead atoms. The molecular weight excluding hydrogens is 488 g/mol. The van der Waals surface area contributed by atoms with Crippen LogP contribution in [0.15, 0.2) is 29.3 Å². The van der Waals surface area contributed by atoms with Crippen LogP contribution >= 0.6 is 0 Å². The Hall–Kier alpha value is -3.22. The Morgan fingerprint density at radius 1 is 1.05 bits per heavy atom. The number of likely N-dealkylation sites (tertiary alicyclic amines) is 1. The van der Waals surface area contributed by atoms with Crippen LogP contribution in [-0.4, -0.2) is 78.0 Å². The molecule has 1 aromatic rings. The zero-order chi connectivity index (χ0) is 27.9. The standard InChI is InChI=1S/C26H44N8O4/c27-12-2-1-5-20(16-32-21(24(28)37)6-3-13-31-26(29)30)33-25(38)22-7-4-14-34(22)23(36)15-18-8-10-19(17-35)11-9-18/h8-11,20-22,32,35H,1-7,12-17,27H2,(H2,28,37)(H,33,38)(H4,29,30,31)/t20-,21-,22-/m0/s1. The van der Waals surface area contributed by atoms with Crippen LogP contribution in [0.2, 0.25) is 0 Å². The second-order valence-corrected chi connectivity index (χ2v) is 9.70. The lowest BCUT2D eigenvalue weighted by Crippen LogP contribution is -2.53. The van der Waals surface area contributed by atoms with E-state index in [1.807, 2.05) is 12.1 Å². The van der Waals surface area contributed by atoms with Crippen LogP contribution in [0.3, 0.4) is 0 Å². The summed E-state index contributed by atoms with van der Waals surface area (Å²) in [5, 5.41) is 15.5. The maximum atomic E-state index is 13.3. The van der Waals surface area contributed by atoms with Gasteiger partial charge in [0.25, 0.3) is 0 Å². The summed E-state index contributed by atoms with van der Waals surface area (Å²) in [5.74, 6) is -0.794. The zero-order valence-electron chi connectivity index (χ0n) is 22.1. The van der Waals surface area contributed by atoms with Gasteiger partial charge < -0.3 is 43.6 Å². The fraction of sp³-hybridized carbons (Fsp3) is 0.615. The average Bonchev–Trinajstić information content (AvgIpc) is 3.38. The minimum Gasteiger partial charge on any atom is -0.392 e. The van der Waals surface area contributed by atoms with Crippen molar-refractivity contribution in [3.8, 4) is 0 Å². The van der Waals surface area contributed by atoms with E-state index < -0.39 is 18.0 Å². The van der Waals surface area contributed by atoms with Gasteiger partial charge in [-0.1, -0.05) is 30.7 Å². The van der Waals surface area contributed by atoms with Gasteiger partial charge in [0.05, 0.1) is 19.1 Å². The first-order chi connectivity index (χ1) is 18.2. The summed E-state index contributed by atoms with van der Waals surface area (Å²) in [6.45, 7) is 1.77. The van der Waals surface area contributed by atoms with Crippen molar-refractivity contribution in [2.24, 2.45) is 27.9 Å². The number of benzene rings is 1.